The molecule has 3 rings (SSSR count). The Bertz CT molecular complexity index is 1120. The van der Waals surface area contributed by atoms with Gasteiger partial charge in [0, 0.05) is 18.7 Å². The van der Waals surface area contributed by atoms with Crippen LogP contribution in [-0.4, -0.2) is 41.3 Å². The summed E-state index contributed by atoms with van der Waals surface area (Å²) in [5.41, 5.74) is 0.989. The van der Waals surface area contributed by atoms with Crippen molar-refractivity contribution in [2.45, 2.75) is 6.61 Å². The van der Waals surface area contributed by atoms with Gasteiger partial charge < -0.3 is 9.47 Å². The Balaban J connectivity index is 1.79. The number of hydrogen-bond acceptors (Lipinski definition) is 7. The fourth-order valence-electron chi connectivity index (χ4n) is 2.92. The highest BCUT2D eigenvalue weighted by Gasteiger charge is 2.34. The molecule has 0 saturated carbocycles. The summed E-state index contributed by atoms with van der Waals surface area (Å²) in [6, 6.07) is 9.96. The van der Waals surface area contributed by atoms with Crippen LogP contribution in [0.2, 0.25) is 0 Å². The van der Waals surface area contributed by atoms with Crippen LogP contribution in [0, 0.1) is 10.1 Å². The zero-order valence-electron chi connectivity index (χ0n) is 17.1. The van der Waals surface area contributed by atoms with Gasteiger partial charge in [-0.15, -0.1) is 6.58 Å². The van der Waals surface area contributed by atoms with Crippen molar-refractivity contribution in [3.05, 3.63) is 81.9 Å². The summed E-state index contributed by atoms with van der Waals surface area (Å²) >= 11 is 0. The van der Waals surface area contributed by atoms with Crippen molar-refractivity contribution < 1.29 is 28.8 Å². The van der Waals surface area contributed by atoms with Crippen LogP contribution in [0.25, 0.3) is 6.08 Å². The average Bonchev–Trinajstić information content (AvgIpc) is 2.78. The number of carbonyl (C=O) groups excluding carboxylic acids is 3. The van der Waals surface area contributed by atoms with Gasteiger partial charge in [-0.05, 0) is 41.5 Å². The molecule has 0 atom stereocenters. The van der Waals surface area contributed by atoms with Crippen LogP contribution in [-0.2, 0) is 16.2 Å². The Morgan fingerprint density at radius 3 is 2.47 bits per heavy atom. The Kier molecular flexibility index (Phi) is 6.64. The fourth-order valence-corrected chi connectivity index (χ4v) is 2.92. The second-order valence-corrected chi connectivity index (χ2v) is 6.64. The van der Waals surface area contributed by atoms with Crippen molar-refractivity contribution in [3.8, 4) is 11.5 Å². The summed E-state index contributed by atoms with van der Waals surface area (Å²) in [5.74, 6) is -0.770. The van der Waals surface area contributed by atoms with Crippen molar-refractivity contribution in [2.75, 3.05) is 13.7 Å². The number of nitro groups is 1. The molecule has 4 amide bonds. The molecule has 0 aromatic heterocycles. The van der Waals surface area contributed by atoms with Crippen molar-refractivity contribution in [3.63, 3.8) is 0 Å². The summed E-state index contributed by atoms with van der Waals surface area (Å²) in [4.78, 5) is 47.6. The third kappa shape index (κ3) is 4.81. The number of nitrogens with zero attached hydrogens (tertiary/aromatic N) is 2. The number of nitro benzene ring substituents is 1. The van der Waals surface area contributed by atoms with Gasteiger partial charge in [-0.3, -0.25) is 29.9 Å². The average molecular weight is 437 g/mol. The molecule has 1 fully saturated rings. The molecule has 2 aromatic carbocycles. The number of amides is 4. The van der Waals surface area contributed by atoms with E-state index in [9.17, 15) is 24.5 Å². The minimum atomic E-state index is -0.801. The zero-order valence-corrected chi connectivity index (χ0v) is 17.1. The van der Waals surface area contributed by atoms with Crippen LogP contribution in [0.3, 0.4) is 0 Å². The lowest BCUT2D eigenvalue weighted by Crippen LogP contribution is -2.54. The molecule has 0 aliphatic carbocycles. The predicted molar refractivity (Wildman–Crippen MR) is 114 cm³/mol. The molecule has 1 heterocycles. The molecule has 10 heteroatoms. The molecule has 10 nitrogen and oxygen atoms in total. The number of nitrogens with one attached hydrogen (secondary N) is 1. The molecule has 1 aliphatic heterocycles. The lowest BCUT2D eigenvalue weighted by molar-refractivity contribution is -0.384. The largest absolute Gasteiger partial charge is 0.493 e. The van der Waals surface area contributed by atoms with Crippen molar-refractivity contribution >= 4 is 29.6 Å². The number of barbiturate groups is 1. The highest BCUT2D eigenvalue weighted by atomic mass is 16.6. The molecule has 0 spiro atoms. The number of hydrogen-bond donors (Lipinski definition) is 1. The predicted octanol–water partition coefficient (Wildman–Crippen LogP) is 2.83. The van der Waals surface area contributed by atoms with Gasteiger partial charge in [-0.2, -0.15) is 0 Å². The van der Waals surface area contributed by atoms with E-state index in [0.717, 1.165) is 10.5 Å². The van der Waals surface area contributed by atoms with E-state index in [4.69, 9.17) is 9.47 Å². The highest BCUT2D eigenvalue weighted by molar-refractivity contribution is 6.31. The molecular formula is C22H19N3O7. The number of ether oxygens (including phenoxy) is 2. The number of benzene rings is 2. The SMILES string of the molecule is C=CCN1C(=O)NC(=O)/C(=C/c2ccc(OCc3ccc([N+](=O)[O-])cc3)c(OC)c2)C1=O. The third-order valence-corrected chi connectivity index (χ3v) is 4.54. The first-order valence-corrected chi connectivity index (χ1v) is 9.38. The number of non-ortho nitro benzene ring substituents is 1. The van der Waals surface area contributed by atoms with E-state index in [1.165, 1.54) is 31.4 Å². The van der Waals surface area contributed by atoms with E-state index in [0.29, 0.717) is 17.1 Å². The fraction of sp³-hybridized carbons (Fsp3) is 0.136. The molecule has 2 aromatic rings. The Hall–Kier alpha value is -4.47. The van der Waals surface area contributed by atoms with Gasteiger partial charge in [0.2, 0.25) is 0 Å². The smallest absolute Gasteiger partial charge is 0.331 e. The lowest BCUT2D eigenvalue weighted by atomic mass is 10.1. The van der Waals surface area contributed by atoms with Gasteiger partial charge in [-0.1, -0.05) is 12.1 Å². The Morgan fingerprint density at radius 1 is 1.12 bits per heavy atom. The van der Waals surface area contributed by atoms with Gasteiger partial charge >= 0.3 is 6.03 Å². The minimum absolute atomic E-state index is 0.0154. The van der Waals surface area contributed by atoms with E-state index in [1.54, 1.807) is 30.3 Å². The number of carbonyl (C=O) groups is 3. The van der Waals surface area contributed by atoms with Gasteiger partial charge in [0.05, 0.1) is 12.0 Å². The molecule has 0 radical (unpaired) electrons. The van der Waals surface area contributed by atoms with Gasteiger partial charge in [0.25, 0.3) is 17.5 Å². The molecule has 1 aliphatic rings. The van der Waals surface area contributed by atoms with Crippen molar-refractivity contribution in [1.82, 2.24) is 10.2 Å². The number of urea groups is 1. The number of imide groups is 2. The maximum atomic E-state index is 12.5. The second kappa shape index (κ2) is 9.56. The van der Waals surface area contributed by atoms with Crippen LogP contribution < -0.4 is 14.8 Å². The van der Waals surface area contributed by atoms with E-state index in [-0.39, 0.29) is 24.4 Å². The lowest BCUT2D eigenvalue weighted by Gasteiger charge is -2.25. The normalized spacial score (nSPS) is 14.8. The molecule has 164 valence electrons. The standard InChI is InChI=1S/C22H19N3O7/c1-3-10-24-21(27)17(20(26)23-22(24)28)11-15-6-9-18(19(12-15)31-2)32-13-14-4-7-16(8-5-14)25(29)30/h3-9,11-12H,1,10,13H2,2H3,(H,23,26,28)/b17-11-. The third-order valence-electron chi connectivity index (χ3n) is 4.54. The van der Waals surface area contributed by atoms with Gasteiger partial charge in [0.15, 0.2) is 11.5 Å². The maximum Gasteiger partial charge on any atom is 0.331 e. The highest BCUT2D eigenvalue weighted by Crippen LogP contribution is 2.30. The van der Waals surface area contributed by atoms with E-state index in [1.807, 2.05) is 0 Å². The number of rotatable bonds is 8. The van der Waals surface area contributed by atoms with Crippen LogP contribution in [0.1, 0.15) is 11.1 Å². The monoisotopic (exact) mass is 437 g/mol. The quantitative estimate of drug-likeness (QED) is 0.221. The summed E-state index contributed by atoms with van der Waals surface area (Å²) in [7, 11) is 1.44. The van der Waals surface area contributed by atoms with E-state index < -0.39 is 22.8 Å². The molecule has 32 heavy (non-hydrogen) atoms. The van der Waals surface area contributed by atoms with E-state index >= 15 is 0 Å². The Morgan fingerprint density at radius 2 is 1.84 bits per heavy atom. The van der Waals surface area contributed by atoms with Gasteiger partial charge in [-0.25, -0.2) is 4.79 Å². The Labute approximate surface area is 182 Å². The summed E-state index contributed by atoms with van der Waals surface area (Å²) in [6.07, 6.45) is 2.73. The number of methoxy groups -OCH3 is 1. The van der Waals surface area contributed by atoms with Crippen molar-refractivity contribution in [1.29, 1.82) is 0 Å². The molecule has 0 unspecified atom stereocenters. The molecule has 1 N–H and O–H groups in total. The first kappa shape index (κ1) is 22.2. The first-order chi connectivity index (χ1) is 15.3. The zero-order chi connectivity index (χ0) is 23.3. The summed E-state index contributed by atoms with van der Waals surface area (Å²) in [5, 5.41) is 12.9. The molecular weight excluding hydrogens is 418 g/mol. The van der Waals surface area contributed by atoms with Crippen LogP contribution in [0.4, 0.5) is 10.5 Å². The van der Waals surface area contributed by atoms with Crippen LogP contribution >= 0.6 is 0 Å². The second-order valence-electron chi connectivity index (χ2n) is 6.64. The van der Waals surface area contributed by atoms with Crippen LogP contribution in [0.15, 0.2) is 60.7 Å². The molecule has 1 saturated heterocycles. The van der Waals surface area contributed by atoms with E-state index in [2.05, 4.69) is 11.9 Å². The summed E-state index contributed by atoms with van der Waals surface area (Å²) in [6.45, 7) is 3.61. The maximum absolute atomic E-state index is 12.5. The minimum Gasteiger partial charge on any atom is -0.493 e. The summed E-state index contributed by atoms with van der Waals surface area (Å²) < 4.78 is 11.1. The van der Waals surface area contributed by atoms with Crippen LogP contribution in [0.5, 0.6) is 11.5 Å². The first-order valence-electron chi connectivity index (χ1n) is 9.38. The molecule has 0 bridgehead atoms. The van der Waals surface area contributed by atoms with Gasteiger partial charge in [0.1, 0.15) is 12.2 Å². The topological polar surface area (TPSA) is 128 Å². The van der Waals surface area contributed by atoms with Crippen molar-refractivity contribution in [2.24, 2.45) is 0 Å².